The number of hydrogen-bond acceptors (Lipinski definition) is 4. The van der Waals surface area contributed by atoms with E-state index < -0.39 is 5.97 Å². The number of aromatic hydroxyl groups is 1. The van der Waals surface area contributed by atoms with Gasteiger partial charge in [-0.25, -0.2) is 4.79 Å². The van der Waals surface area contributed by atoms with Crippen molar-refractivity contribution in [2.75, 3.05) is 20.2 Å². The first kappa shape index (κ1) is 13.7. The molecule has 1 fully saturated rings. The van der Waals surface area contributed by atoms with Gasteiger partial charge in [0.2, 0.25) is 0 Å². The van der Waals surface area contributed by atoms with Gasteiger partial charge in [-0.15, -0.1) is 0 Å². The summed E-state index contributed by atoms with van der Waals surface area (Å²) < 4.78 is 5.04. The third kappa shape index (κ3) is 3.17. The Kier molecular flexibility index (Phi) is 4.27. The zero-order chi connectivity index (χ0) is 13.8. The molecule has 1 heterocycles. The number of methoxy groups -OCH3 is 1. The molecule has 0 atom stereocenters. The molecule has 5 heteroatoms. The van der Waals surface area contributed by atoms with Crippen LogP contribution < -0.4 is 10.1 Å². The van der Waals surface area contributed by atoms with Gasteiger partial charge in [-0.1, -0.05) is 0 Å². The highest BCUT2D eigenvalue weighted by atomic mass is 16.5. The number of benzene rings is 1. The summed E-state index contributed by atoms with van der Waals surface area (Å²) >= 11 is 0. The quantitative estimate of drug-likeness (QED) is 0.771. The van der Waals surface area contributed by atoms with Crippen molar-refractivity contribution in [3.8, 4) is 11.5 Å². The first-order valence-corrected chi connectivity index (χ1v) is 6.45. The fraction of sp³-hybridized carbons (Fsp3) is 0.500. The molecule has 1 aromatic rings. The molecule has 0 aliphatic carbocycles. The normalized spacial score (nSPS) is 16.3. The Bertz CT molecular complexity index is 467. The molecule has 1 aromatic carbocycles. The van der Waals surface area contributed by atoms with E-state index in [4.69, 9.17) is 9.84 Å². The lowest BCUT2D eigenvalue weighted by Crippen LogP contribution is -2.28. The Morgan fingerprint density at radius 2 is 2.11 bits per heavy atom. The van der Waals surface area contributed by atoms with Crippen LogP contribution in [0, 0.1) is 5.92 Å². The highest BCUT2D eigenvalue weighted by Gasteiger charge is 2.19. The highest BCUT2D eigenvalue weighted by Crippen LogP contribution is 2.34. The number of rotatable bonds is 4. The van der Waals surface area contributed by atoms with Gasteiger partial charge in [-0.05, 0) is 56.0 Å². The van der Waals surface area contributed by atoms with E-state index in [2.05, 4.69) is 5.32 Å². The van der Waals surface area contributed by atoms with Crippen molar-refractivity contribution in [1.29, 1.82) is 0 Å². The summed E-state index contributed by atoms with van der Waals surface area (Å²) in [6, 6.07) is 2.89. The average Bonchev–Trinajstić information content (AvgIpc) is 2.42. The summed E-state index contributed by atoms with van der Waals surface area (Å²) in [6.45, 7) is 1.95. The number of aromatic carboxylic acids is 1. The second kappa shape index (κ2) is 5.93. The molecule has 1 aliphatic heterocycles. The molecule has 104 valence electrons. The van der Waals surface area contributed by atoms with Gasteiger partial charge in [-0.2, -0.15) is 0 Å². The second-order valence-electron chi connectivity index (χ2n) is 4.89. The number of carbonyl (C=O) groups is 1. The largest absolute Gasteiger partial charge is 0.504 e. The predicted octanol–water partition coefficient (Wildman–Crippen LogP) is 1.64. The fourth-order valence-corrected chi connectivity index (χ4v) is 2.50. The molecule has 0 spiro atoms. The topological polar surface area (TPSA) is 78.8 Å². The van der Waals surface area contributed by atoms with Crippen molar-refractivity contribution < 1.29 is 19.7 Å². The molecule has 0 radical (unpaired) electrons. The van der Waals surface area contributed by atoms with Crippen molar-refractivity contribution in [1.82, 2.24) is 5.32 Å². The van der Waals surface area contributed by atoms with Crippen LogP contribution in [0.5, 0.6) is 11.5 Å². The Balaban J connectivity index is 2.26. The van der Waals surface area contributed by atoms with Gasteiger partial charge < -0.3 is 20.3 Å². The lowest BCUT2D eigenvalue weighted by Gasteiger charge is -2.23. The van der Waals surface area contributed by atoms with Gasteiger partial charge in [0.1, 0.15) is 0 Å². The summed E-state index contributed by atoms with van der Waals surface area (Å²) in [5.74, 6) is -0.249. The van der Waals surface area contributed by atoms with E-state index in [1.165, 1.54) is 13.2 Å². The van der Waals surface area contributed by atoms with E-state index in [0.29, 0.717) is 17.9 Å². The zero-order valence-electron chi connectivity index (χ0n) is 11.0. The van der Waals surface area contributed by atoms with Crippen molar-refractivity contribution in [2.24, 2.45) is 5.92 Å². The summed E-state index contributed by atoms with van der Waals surface area (Å²) in [5.41, 5.74) is 0.808. The second-order valence-corrected chi connectivity index (χ2v) is 4.89. The van der Waals surface area contributed by atoms with Crippen molar-refractivity contribution >= 4 is 5.97 Å². The van der Waals surface area contributed by atoms with Crippen LogP contribution in [0.2, 0.25) is 0 Å². The van der Waals surface area contributed by atoms with E-state index in [1.807, 2.05) is 0 Å². The lowest BCUT2D eigenvalue weighted by molar-refractivity contribution is 0.0696. The van der Waals surface area contributed by atoms with Crippen LogP contribution >= 0.6 is 0 Å². The van der Waals surface area contributed by atoms with Crippen LogP contribution in [0.4, 0.5) is 0 Å². The summed E-state index contributed by atoms with van der Waals surface area (Å²) in [7, 11) is 1.43. The molecule has 19 heavy (non-hydrogen) atoms. The minimum atomic E-state index is -1.01. The lowest BCUT2D eigenvalue weighted by atomic mass is 9.90. The Hall–Kier alpha value is -1.75. The van der Waals surface area contributed by atoms with Crippen LogP contribution in [0.3, 0.4) is 0 Å². The van der Waals surface area contributed by atoms with E-state index in [0.717, 1.165) is 25.9 Å². The van der Waals surface area contributed by atoms with Gasteiger partial charge in [0, 0.05) is 0 Å². The SMILES string of the molecule is COc1cc(C(=O)O)cc(CC2CCNCC2)c1O. The van der Waals surface area contributed by atoms with Crippen LogP contribution in [-0.2, 0) is 6.42 Å². The number of carboxylic acid groups (broad SMARTS) is 1. The van der Waals surface area contributed by atoms with Crippen LogP contribution in [0.1, 0.15) is 28.8 Å². The van der Waals surface area contributed by atoms with Gasteiger partial charge in [0.15, 0.2) is 11.5 Å². The first-order chi connectivity index (χ1) is 9.11. The van der Waals surface area contributed by atoms with Crippen LogP contribution in [0.25, 0.3) is 0 Å². The Morgan fingerprint density at radius 1 is 1.42 bits per heavy atom. The number of hydrogen-bond donors (Lipinski definition) is 3. The van der Waals surface area contributed by atoms with Crippen molar-refractivity contribution in [2.45, 2.75) is 19.3 Å². The number of piperidine rings is 1. The van der Waals surface area contributed by atoms with Gasteiger partial charge in [0.25, 0.3) is 0 Å². The minimum Gasteiger partial charge on any atom is -0.504 e. The third-order valence-electron chi connectivity index (χ3n) is 3.59. The Morgan fingerprint density at radius 3 is 2.68 bits per heavy atom. The smallest absolute Gasteiger partial charge is 0.335 e. The van der Waals surface area contributed by atoms with E-state index in [1.54, 1.807) is 6.07 Å². The van der Waals surface area contributed by atoms with Crippen molar-refractivity contribution in [3.63, 3.8) is 0 Å². The zero-order valence-corrected chi connectivity index (χ0v) is 11.0. The molecule has 1 saturated heterocycles. The van der Waals surface area contributed by atoms with E-state index >= 15 is 0 Å². The number of nitrogens with one attached hydrogen (secondary N) is 1. The third-order valence-corrected chi connectivity index (χ3v) is 3.59. The van der Waals surface area contributed by atoms with Crippen LogP contribution in [0.15, 0.2) is 12.1 Å². The van der Waals surface area contributed by atoms with Gasteiger partial charge >= 0.3 is 5.97 Å². The molecule has 0 aromatic heterocycles. The van der Waals surface area contributed by atoms with Crippen molar-refractivity contribution in [3.05, 3.63) is 23.3 Å². The molecule has 0 saturated carbocycles. The Labute approximate surface area is 112 Å². The molecule has 0 bridgehead atoms. The molecular formula is C14H19NO4. The fourth-order valence-electron chi connectivity index (χ4n) is 2.50. The van der Waals surface area contributed by atoms with Gasteiger partial charge in [-0.3, -0.25) is 0 Å². The molecule has 5 nitrogen and oxygen atoms in total. The summed E-state index contributed by atoms with van der Waals surface area (Å²) in [5, 5.41) is 22.5. The maximum absolute atomic E-state index is 11.1. The number of phenols is 1. The van der Waals surface area contributed by atoms with Crippen LogP contribution in [-0.4, -0.2) is 36.4 Å². The molecular weight excluding hydrogens is 246 g/mol. The molecule has 0 amide bonds. The minimum absolute atomic E-state index is 0.0611. The number of ether oxygens (including phenoxy) is 1. The maximum atomic E-state index is 11.1. The summed E-state index contributed by atoms with van der Waals surface area (Å²) in [4.78, 5) is 11.1. The van der Waals surface area contributed by atoms with E-state index in [9.17, 15) is 9.90 Å². The monoisotopic (exact) mass is 265 g/mol. The van der Waals surface area contributed by atoms with E-state index in [-0.39, 0.29) is 17.1 Å². The maximum Gasteiger partial charge on any atom is 0.335 e. The molecule has 1 aliphatic rings. The van der Waals surface area contributed by atoms with Gasteiger partial charge in [0.05, 0.1) is 12.7 Å². The summed E-state index contributed by atoms with van der Waals surface area (Å²) in [6.07, 6.45) is 2.77. The standard InChI is InChI=1S/C14H19NO4/c1-19-12-8-11(14(17)18)7-10(13(12)16)6-9-2-4-15-5-3-9/h7-9,15-16H,2-6H2,1H3,(H,17,18). The predicted molar refractivity (Wildman–Crippen MR) is 70.9 cm³/mol. The first-order valence-electron chi connectivity index (χ1n) is 6.45. The number of phenolic OH excluding ortho intramolecular Hbond substituents is 1. The number of carboxylic acids is 1. The molecule has 0 unspecified atom stereocenters. The molecule has 2 rings (SSSR count). The molecule has 3 N–H and O–H groups in total. The average molecular weight is 265 g/mol. The highest BCUT2D eigenvalue weighted by molar-refractivity contribution is 5.89.